The van der Waals surface area contributed by atoms with Gasteiger partial charge >= 0.3 is 0 Å². The number of carbonyl (C=O) groups is 1. The molecule has 31 heavy (non-hydrogen) atoms. The number of hydrogen-bond donors (Lipinski definition) is 1. The molecular weight excluding hydrogens is 412 g/mol. The Kier molecular flexibility index (Phi) is 4.96. The van der Waals surface area contributed by atoms with E-state index in [9.17, 15) is 4.79 Å². The summed E-state index contributed by atoms with van der Waals surface area (Å²) in [5, 5.41) is 4.51. The lowest BCUT2D eigenvalue weighted by Crippen LogP contribution is -2.23. The van der Waals surface area contributed by atoms with Crippen LogP contribution in [0.1, 0.15) is 21.5 Å². The number of aromatic nitrogens is 1. The summed E-state index contributed by atoms with van der Waals surface area (Å²) < 4.78 is 10.9. The molecule has 3 aromatic carbocycles. The van der Waals surface area contributed by atoms with E-state index in [1.54, 1.807) is 0 Å². The molecule has 6 heteroatoms. The van der Waals surface area contributed by atoms with Crippen LogP contribution in [0.4, 0.5) is 0 Å². The number of amides is 1. The van der Waals surface area contributed by atoms with E-state index in [2.05, 4.69) is 5.32 Å². The number of halogens is 1. The van der Waals surface area contributed by atoms with Gasteiger partial charge in [0, 0.05) is 22.5 Å². The maximum absolute atomic E-state index is 13.2. The summed E-state index contributed by atoms with van der Waals surface area (Å²) in [7, 11) is 0. The summed E-state index contributed by atoms with van der Waals surface area (Å²) in [5.74, 6) is 1.22. The fourth-order valence-corrected chi connectivity index (χ4v) is 3.88. The second-order valence-electron chi connectivity index (χ2n) is 7.35. The molecule has 0 bridgehead atoms. The standard InChI is InChI=1S/C25H19ClN2O3/c1-15-17(5-4-7-20(15)26)13-27-25(29)19-12-22(28-21-8-3-2-6-18(19)21)16-9-10-23-24(11-16)31-14-30-23/h2-12H,13-14H2,1H3,(H,27,29). The smallest absolute Gasteiger partial charge is 0.252 e. The molecule has 0 saturated heterocycles. The predicted molar refractivity (Wildman–Crippen MR) is 121 cm³/mol. The Bertz CT molecular complexity index is 1320. The highest BCUT2D eigenvalue weighted by molar-refractivity contribution is 6.31. The molecule has 1 N–H and O–H groups in total. The minimum absolute atomic E-state index is 0.167. The van der Waals surface area contributed by atoms with Crippen LogP contribution in [0.15, 0.2) is 66.7 Å². The first kappa shape index (κ1) is 19.4. The summed E-state index contributed by atoms with van der Waals surface area (Å²) in [6.45, 7) is 2.55. The minimum Gasteiger partial charge on any atom is -0.454 e. The molecule has 0 aliphatic carbocycles. The Balaban J connectivity index is 1.51. The van der Waals surface area contributed by atoms with Crippen molar-refractivity contribution in [2.24, 2.45) is 0 Å². The molecule has 0 atom stereocenters. The first-order valence-corrected chi connectivity index (χ1v) is 10.3. The fraction of sp³-hybridized carbons (Fsp3) is 0.120. The number of nitrogens with zero attached hydrogens (tertiary/aromatic N) is 1. The van der Waals surface area contributed by atoms with Gasteiger partial charge in [0.25, 0.3) is 5.91 Å². The number of benzene rings is 3. The van der Waals surface area contributed by atoms with Gasteiger partial charge in [0.05, 0.1) is 16.8 Å². The molecular formula is C25H19ClN2O3. The van der Waals surface area contributed by atoms with E-state index < -0.39 is 0 Å². The lowest BCUT2D eigenvalue weighted by molar-refractivity contribution is 0.0952. The third-order valence-corrected chi connectivity index (χ3v) is 5.86. The molecule has 1 amide bonds. The Labute approximate surface area is 184 Å². The van der Waals surface area contributed by atoms with Gasteiger partial charge in [-0.2, -0.15) is 0 Å². The number of pyridine rings is 1. The predicted octanol–water partition coefficient (Wildman–Crippen LogP) is 5.52. The summed E-state index contributed by atoms with van der Waals surface area (Å²) >= 11 is 6.21. The Morgan fingerprint density at radius 1 is 1.03 bits per heavy atom. The second kappa shape index (κ2) is 7.93. The van der Waals surface area contributed by atoms with Crippen LogP contribution in [-0.2, 0) is 6.54 Å². The molecule has 4 aromatic rings. The lowest BCUT2D eigenvalue weighted by Gasteiger charge is -2.12. The highest BCUT2D eigenvalue weighted by atomic mass is 35.5. The highest BCUT2D eigenvalue weighted by Crippen LogP contribution is 2.36. The normalized spacial score (nSPS) is 12.2. The molecule has 5 rings (SSSR count). The molecule has 1 aliphatic heterocycles. The van der Waals surface area contributed by atoms with Gasteiger partial charge < -0.3 is 14.8 Å². The van der Waals surface area contributed by atoms with Crippen LogP contribution in [0.2, 0.25) is 5.02 Å². The quantitative estimate of drug-likeness (QED) is 0.463. The van der Waals surface area contributed by atoms with Crippen molar-refractivity contribution in [3.8, 4) is 22.8 Å². The van der Waals surface area contributed by atoms with Crippen LogP contribution >= 0.6 is 11.6 Å². The second-order valence-corrected chi connectivity index (χ2v) is 7.75. The summed E-state index contributed by atoms with van der Waals surface area (Å²) in [5.41, 5.74) is 4.82. The van der Waals surface area contributed by atoms with Crippen molar-refractivity contribution in [2.75, 3.05) is 6.79 Å². The van der Waals surface area contributed by atoms with Gasteiger partial charge in [0.1, 0.15) is 0 Å². The number of nitrogens with one attached hydrogen (secondary N) is 1. The SMILES string of the molecule is Cc1c(Cl)cccc1CNC(=O)c1cc(-c2ccc3c(c2)OCO3)nc2ccccc12. The third-order valence-electron chi connectivity index (χ3n) is 5.45. The summed E-state index contributed by atoms with van der Waals surface area (Å²) in [6, 6.07) is 20.8. The fourth-order valence-electron chi connectivity index (χ4n) is 3.68. The van der Waals surface area contributed by atoms with E-state index in [1.165, 1.54) is 0 Å². The molecule has 1 aliphatic rings. The first-order chi connectivity index (χ1) is 15.1. The first-order valence-electron chi connectivity index (χ1n) is 9.92. The molecule has 2 heterocycles. The Hall–Kier alpha value is -3.57. The van der Waals surface area contributed by atoms with Crippen LogP contribution in [0, 0.1) is 6.92 Å². The van der Waals surface area contributed by atoms with Crippen molar-refractivity contribution < 1.29 is 14.3 Å². The summed E-state index contributed by atoms with van der Waals surface area (Å²) in [4.78, 5) is 17.9. The topological polar surface area (TPSA) is 60.5 Å². The van der Waals surface area contributed by atoms with Gasteiger partial charge in [-0.3, -0.25) is 4.79 Å². The zero-order chi connectivity index (χ0) is 21.4. The zero-order valence-electron chi connectivity index (χ0n) is 16.8. The monoisotopic (exact) mass is 430 g/mol. The van der Waals surface area contributed by atoms with Crippen LogP contribution < -0.4 is 14.8 Å². The summed E-state index contributed by atoms with van der Waals surface area (Å²) in [6.07, 6.45) is 0. The van der Waals surface area contributed by atoms with Crippen molar-refractivity contribution in [3.05, 3.63) is 88.4 Å². The van der Waals surface area contributed by atoms with Gasteiger partial charge in [-0.25, -0.2) is 4.98 Å². The van der Waals surface area contributed by atoms with E-state index in [4.69, 9.17) is 26.1 Å². The molecule has 0 radical (unpaired) electrons. The van der Waals surface area contributed by atoms with E-state index in [0.29, 0.717) is 34.3 Å². The van der Waals surface area contributed by atoms with Gasteiger partial charge in [0.2, 0.25) is 6.79 Å². The van der Waals surface area contributed by atoms with E-state index in [1.807, 2.05) is 73.7 Å². The van der Waals surface area contributed by atoms with Crippen LogP contribution in [0.25, 0.3) is 22.2 Å². The average Bonchev–Trinajstić information content (AvgIpc) is 3.27. The van der Waals surface area contributed by atoms with Gasteiger partial charge in [-0.1, -0.05) is 41.9 Å². The number of rotatable bonds is 4. The average molecular weight is 431 g/mol. The van der Waals surface area contributed by atoms with Crippen molar-refractivity contribution in [1.82, 2.24) is 10.3 Å². The number of carbonyl (C=O) groups excluding carboxylic acids is 1. The third kappa shape index (κ3) is 3.68. The van der Waals surface area contributed by atoms with Gasteiger partial charge in [-0.05, 0) is 54.4 Å². The van der Waals surface area contributed by atoms with E-state index in [-0.39, 0.29) is 12.7 Å². The number of para-hydroxylation sites is 1. The maximum Gasteiger partial charge on any atom is 0.252 e. The van der Waals surface area contributed by atoms with E-state index >= 15 is 0 Å². The number of ether oxygens (including phenoxy) is 2. The zero-order valence-corrected chi connectivity index (χ0v) is 17.6. The molecule has 1 aromatic heterocycles. The van der Waals surface area contributed by atoms with Gasteiger partial charge in [-0.15, -0.1) is 0 Å². The molecule has 0 unspecified atom stereocenters. The largest absolute Gasteiger partial charge is 0.454 e. The van der Waals surface area contributed by atoms with Crippen LogP contribution in [-0.4, -0.2) is 17.7 Å². The number of hydrogen-bond acceptors (Lipinski definition) is 4. The van der Waals surface area contributed by atoms with Crippen LogP contribution in [0.3, 0.4) is 0 Å². The number of fused-ring (bicyclic) bond motifs is 2. The van der Waals surface area contributed by atoms with Crippen molar-refractivity contribution in [2.45, 2.75) is 13.5 Å². The van der Waals surface area contributed by atoms with Crippen molar-refractivity contribution in [3.63, 3.8) is 0 Å². The van der Waals surface area contributed by atoms with E-state index in [0.717, 1.165) is 27.6 Å². The minimum atomic E-state index is -0.167. The maximum atomic E-state index is 13.2. The Morgan fingerprint density at radius 2 is 1.87 bits per heavy atom. The lowest BCUT2D eigenvalue weighted by atomic mass is 10.0. The van der Waals surface area contributed by atoms with Crippen molar-refractivity contribution >= 4 is 28.4 Å². The Morgan fingerprint density at radius 3 is 2.77 bits per heavy atom. The molecule has 0 spiro atoms. The molecule has 0 fully saturated rings. The molecule has 5 nitrogen and oxygen atoms in total. The van der Waals surface area contributed by atoms with Crippen LogP contribution in [0.5, 0.6) is 11.5 Å². The van der Waals surface area contributed by atoms with Crippen molar-refractivity contribution in [1.29, 1.82) is 0 Å². The molecule has 0 saturated carbocycles. The highest BCUT2D eigenvalue weighted by Gasteiger charge is 2.17. The molecule has 154 valence electrons. The van der Waals surface area contributed by atoms with Gasteiger partial charge in [0.15, 0.2) is 11.5 Å².